The van der Waals surface area contributed by atoms with E-state index in [0.29, 0.717) is 0 Å². The number of fused-ring (bicyclic) bond motifs is 1. The van der Waals surface area contributed by atoms with Gasteiger partial charge in [0, 0.05) is 17.5 Å². The van der Waals surface area contributed by atoms with E-state index in [1.54, 1.807) is 0 Å². The minimum atomic E-state index is 0.807. The second-order valence-corrected chi connectivity index (χ2v) is 7.38. The lowest BCUT2D eigenvalue weighted by atomic mass is 9.97. The van der Waals surface area contributed by atoms with Gasteiger partial charge in [-0.2, -0.15) is 0 Å². The van der Waals surface area contributed by atoms with Crippen molar-refractivity contribution in [1.29, 1.82) is 0 Å². The molecule has 0 spiro atoms. The Morgan fingerprint density at radius 1 is 0.567 bits per heavy atom. The molecule has 0 unspecified atom stereocenters. The average Bonchev–Trinajstić information content (AvgIpc) is 2.84. The van der Waals surface area contributed by atoms with E-state index in [2.05, 4.69) is 91.9 Å². The molecule has 0 aliphatic carbocycles. The predicted octanol–water partition coefficient (Wildman–Crippen LogP) is 7.19. The fraction of sp³-hybridized carbons (Fsp3) is 0.0714. The van der Waals surface area contributed by atoms with E-state index in [1.807, 2.05) is 18.2 Å². The SMILES string of the molecule is CCc1nc(-c2ccccc2)cc(-c2ccc(-c3cccc4ccccc34)cc2)n1. The Morgan fingerprint density at radius 3 is 1.90 bits per heavy atom. The van der Waals surface area contributed by atoms with Crippen molar-refractivity contribution >= 4 is 10.8 Å². The average molecular weight is 386 g/mol. The van der Waals surface area contributed by atoms with Crippen molar-refractivity contribution in [3.63, 3.8) is 0 Å². The third-order valence-electron chi connectivity index (χ3n) is 5.44. The summed E-state index contributed by atoms with van der Waals surface area (Å²) in [5.74, 6) is 0.865. The maximum atomic E-state index is 4.79. The summed E-state index contributed by atoms with van der Waals surface area (Å²) in [7, 11) is 0. The van der Waals surface area contributed by atoms with Gasteiger partial charge < -0.3 is 0 Å². The molecule has 1 aromatic heterocycles. The van der Waals surface area contributed by atoms with Crippen LogP contribution in [0, 0.1) is 0 Å². The third-order valence-corrected chi connectivity index (χ3v) is 5.44. The Labute approximate surface area is 176 Å². The van der Waals surface area contributed by atoms with Crippen LogP contribution in [0.2, 0.25) is 0 Å². The second kappa shape index (κ2) is 7.92. The molecule has 5 rings (SSSR count). The lowest BCUT2D eigenvalue weighted by molar-refractivity contribution is 0.947. The van der Waals surface area contributed by atoms with E-state index in [0.717, 1.165) is 34.8 Å². The molecule has 0 atom stereocenters. The van der Waals surface area contributed by atoms with Crippen LogP contribution >= 0.6 is 0 Å². The molecule has 2 nitrogen and oxygen atoms in total. The topological polar surface area (TPSA) is 25.8 Å². The van der Waals surface area contributed by atoms with Gasteiger partial charge in [0.1, 0.15) is 5.82 Å². The summed E-state index contributed by atoms with van der Waals surface area (Å²) >= 11 is 0. The highest BCUT2D eigenvalue weighted by Gasteiger charge is 2.09. The maximum absolute atomic E-state index is 4.79. The Morgan fingerprint density at radius 2 is 1.17 bits per heavy atom. The molecule has 30 heavy (non-hydrogen) atoms. The Balaban J connectivity index is 1.56. The molecular formula is C28H22N2. The van der Waals surface area contributed by atoms with Crippen LogP contribution in [0.1, 0.15) is 12.7 Å². The van der Waals surface area contributed by atoms with Gasteiger partial charge in [-0.05, 0) is 28.0 Å². The van der Waals surface area contributed by atoms with E-state index < -0.39 is 0 Å². The summed E-state index contributed by atoms with van der Waals surface area (Å²) < 4.78 is 0. The van der Waals surface area contributed by atoms with Crippen molar-refractivity contribution in [2.24, 2.45) is 0 Å². The van der Waals surface area contributed by atoms with Crippen LogP contribution in [-0.2, 0) is 6.42 Å². The number of nitrogens with zero attached hydrogens (tertiary/aromatic N) is 2. The number of benzene rings is 4. The summed E-state index contributed by atoms with van der Waals surface area (Å²) in [6.45, 7) is 2.09. The van der Waals surface area contributed by atoms with Crippen LogP contribution in [0.15, 0.2) is 103 Å². The van der Waals surface area contributed by atoms with Crippen molar-refractivity contribution in [1.82, 2.24) is 9.97 Å². The number of aromatic nitrogens is 2. The maximum Gasteiger partial charge on any atom is 0.129 e. The normalized spacial score (nSPS) is 11.0. The molecule has 4 aromatic carbocycles. The fourth-order valence-corrected chi connectivity index (χ4v) is 3.86. The van der Waals surface area contributed by atoms with Crippen LogP contribution in [-0.4, -0.2) is 9.97 Å². The minimum Gasteiger partial charge on any atom is -0.233 e. The molecular weight excluding hydrogens is 364 g/mol. The minimum absolute atomic E-state index is 0.807. The number of hydrogen-bond acceptors (Lipinski definition) is 2. The number of aryl methyl sites for hydroxylation is 1. The quantitative estimate of drug-likeness (QED) is 0.326. The summed E-state index contributed by atoms with van der Waals surface area (Å²) in [6.07, 6.45) is 0.807. The zero-order valence-corrected chi connectivity index (χ0v) is 16.9. The zero-order chi connectivity index (χ0) is 20.3. The van der Waals surface area contributed by atoms with Crippen LogP contribution in [0.5, 0.6) is 0 Å². The van der Waals surface area contributed by atoms with Gasteiger partial charge in [-0.25, -0.2) is 9.97 Å². The van der Waals surface area contributed by atoms with Gasteiger partial charge in [-0.15, -0.1) is 0 Å². The van der Waals surface area contributed by atoms with Gasteiger partial charge in [0.25, 0.3) is 0 Å². The van der Waals surface area contributed by atoms with E-state index in [-0.39, 0.29) is 0 Å². The van der Waals surface area contributed by atoms with Crippen molar-refractivity contribution < 1.29 is 0 Å². The highest BCUT2D eigenvalue weighted by molar-refractivity contribution is 5.96. The van der Waals surface area contributed by atoms with Gasteiger partial charge in [0.2, 0.25) is 0 Å². The molecule has 0 aliphatic rings. The molecule has 0 radical (unpaired) electrons. The molecule has 0 amide bonds. The van der Waals surface area contributed by atoms with Crippen molar-refractivity contribution in [3.05, 3.63) is 109 Å². The van der Waals surface area contributed by atoms with Gasteiger partial charge in [0.15, 0.2) is 0 Å². The Kier molecular flexibility index (Phi) is 4.82. The highest BCUT2D eigenvalue weighted by Crippen LogP contribution is 2.31. The van der Waals surface area contributed by atoms with E-state index in [1.165, 1.54) is 21.9 Å². The largest absolute Gasteiger partial charge is 0.233 e. The van der Waals surface area contributed by atoms with Gasteiger partial charge in [0.05, 0.1) is 11.4 Å². The Hall–Kier alpha value is -3.78. The third kappa shape index (κ3) is 3.48. The van der Waals surface area contributed by atoms with E-state index >= 15 is 0 Å². The first kappa shape index (κ1) is 18.3. The molecule has 0 saturated heterocycles. The molecule has 5 aromatic rings. The zero-order valence-electron chi connectivity index (χ0n) is 16.9. The monoisotopic (exact) mass is 386 g/mol. The smallest absolute Gasteiger partial charge is 0.129 e. The number of hydrogen-bond donors (Lipinski definition) is 0. The first-order valence-corrected chi connectivity index (χ1v) is 10.3. The lowest BCUT2D eigenvalue weighted by Crippen LogP contribution is -1.98. The van der Waals surface area contributed by atoms with Crippen molar-refractivity contribution in [2.45, 2.75) is 13.3 Å². The highest BCUT2D eigenvalue weighted by atomic mass is 14.9. The summed E-state index contributed by atoms with van der Waals surface area (Å²) in [6, 6.07) is 36.1. The first-order chi connectivity index (χ1) is 14.8. The molecule has 0 N–H and O–H groups in total. The lowest BCUT2D eigenvalue weighted by Gasteiger charge is -2.10. The summed E-state index contributed by atoms with van der Waals surface area (Å²) in [4.78, 5) is 9.52. The molecule has 0 fully saturated rings. The second-order valence-electron chi connectivity index (χ2n) is 7.38. The molecule has 0 bridgehead atoms. The molecule has 0 saturated carbocycles. The molecule has 1 heterocycles. The van der Waals surface area contributed by atoms with Crippen molar-refractivity contribution in [2.75, 3.05) is 0 Å². The fourth-order valence-electron chi connectivity index (χ4n) is 3.86. The molecule has 144 valence electrons. The van der Waals surface area contributed by atoms with Gasteiger partial charge >= 0.3 is 0 Å². The van der Waals surface area contributed by atoms with Crippen LogP contribution in [0.4, 0.5) is 0 Å². The predicted molar refractivity (Wildman–Crippen MR) is 125 cm³/mol. The first-order valence-electron chi connectivity index (χ1n) is 10.3. The number of rotatable bonds is 4. The summed E-state index contributed by atoms with van der Waals surface area (Å²) in [5.41, 5.74) is 6.61. The van der Waals surface area contributed by atoms with Crippen LogP contribution in [0.3, 0.4) is 0 Å². The van der Waals surface area contributed by atoms with Crippen LogP contribution in [0.25, 0.3) is 44.4 Å². The summed E-state index contributed by atoms with van der Waals surface area (Å²) in [5, 5.41) is 2.53. The van der Waals surface area contributed by atoms with Crippen LogP contribution < -0.4 is 0 Å². The van der Waals surface area contributed by atoms with Gasteiger partial charge in [-0.1, -0.05) is 104 Å². The van der Waals surface area contributed by atoms with Gasteiger partial charge in [-0.3, -0.25) is 0 Å². The van der Waals surface area contributed by atoms with E-state index in [4.69, 9.17) is 9.97 Å². The standard InChI is InChI=1S/C28H22N2/c1-2-28-29-26(22-10-4-3-5-11-22)19-27(30-28)23-17-15-21(16-18-23)25-14-8-12-20-9-6-7-13-24(20)25/h3-19H,2H2,1H3. The Bertz CT molecular complexity index is 1300. The molecule has 0 aliphatic heterocycles. The van der Waals surface area contributed by atoms with Crippen molar-refractivity contribution in [3.8, 4) is 33.6 Å². The van der Waals surface area contributed by atoms with E-state index in [9.17, 15) is 0 Å². The molecule has 2 heteroatoms.